The monoisotopic (exact) mass is 487 g/mol. The quantitative estimate of drug-likeness (QED) is 0.137. The van der Waals surface area contributed by atoms with Crippen LogP contribution in [-0.2, 0) is 28.8 Å². The van der Waals surface area contributed by atoms with Crippen molar-refractivity contribution in [3.05, 3.63) is 0 Å². The molecule has 0 rings (SSSR count). The molecule has 194 valence electrons. The third-order valence-corrected chi connectivity index (χ3v) is 5.66. The van der Waals surface area contributed by atoms with Crippen molar-refractivity contribution < 1.29 is 39.0 Å². The first kappa shape index (κ1) is 30.8. The fourth-order valence-electron chi connectivity index (χ4n) is 2.93. The first-order valence-corrected chi connectivity index (χ1v) is 11.1. The summed E-state index contributed by atoms with van der Waals surface area (Å²) in [5.41, 5.74) is 11.0. The molecule has 0 aromatic carbocycles. The highest BCUT2D eigenvalue weighted by atomic mass is 16.4. The van der Waals surface area contributed by atoms with Gasteiger partial charge < -0.3 is 37.6 Å². The molecule has 9 N–H and O–H groups in total. The van der Waals surface area contributed by atoms with Crippen LogP contribution in [0, 0.1) is 11.8 Å². The van der Waals surface area contributed by atoms with Gasteiger partial charge in [0, 0.05) is 6.42 Å². The van der Waals surface area contributed by atoms with Gasteiger partial charge in [0.1, 0.15) is 18.1 Å². The van der Waals surface area contributed by atoms with Gasteiger partial charge in [-0.25, -0.2) is 4.79 Å². The Balaban J connectivity index is 5.67. The maximum absolute atomic E-state index is 12.9. The maximum atomic E-state index is 12.9. The Morgan fingerprint density at radius 1 is 0.794 bits per heavy atom. The predicted molar refractivity (Wildman–Crippen MR) is 121 cm³/mol. The minimum absolute atomic E-state index is 0.209. The molecule has 0 aliphatic rings. The SMILES string of the molecule is CCC(C)C(N)C(=O)NC(CCC(N)=O)C(=O)NC(CC(=O)O)C(=O)NC(C(=O)O)C(C)CC. The lowest BCUT2D eigenvalue weighted by Gasteiger charge is -2.26. The third-order valence-electron chi connectivity index (χ3n) is 5.66. The number of carbonyl (C=O) groups is 6. The van der Waals surface area contributed by atoms with Crippen LogP contribution < -0.4 is 27.4 Å². The number of primary amides is 1. The van der Waals surface area contributed by atoms with Gasteiger partial charge in [-0.2, -0.15) is 0 Å². The summed E-state index contributed by atoms with van der Waals surface area (Å²) in [7, 11) is 0. The summed E-state index contributed by atoms with van der Waals surface area (Å²) in [4.78, 5) is 72.0. The predicted octanol–water partition coefficient (Wildman–Crippen LogP) is -1.31. The number of nitrogens with one attached hydrogen (secondary N) is 3. The van der Waals surface area contributed by atoms with E-state index in [9.17, 15) is 39.0 Å². The molecule has 13 heteroatoms. The molecule has 13 nitrogen and oxygen atoms in total. The Morgan fingerprint density at radius 3 is 1.74 bits per heavy atom. The largest absolute Gasteiger partial charge is 0.481 e. The molecule has 0 aromatic rings. The van der Waals surface area contributed by atoms with Crippen LogP contribution in [0.4, 0.5) is 0 Å². The fraction of sp³-hybridized carbons (Fsp3) is 0.714. The van der Waals surface area contributed by atoms with Gasteiger partial charge in [-0.3, -0.25) is 24.0 Å². The number of carboxylic acid groups (broad SMARTS) is 2. The van der Waals surface area contributed by atoms with Crippen LogP contribution in [0.5, 0.6) is 0 Å². The summed E-state index contributed by atoms with van der Waals surface area (Å²) >= 11 is 0. The van der Waals surface area contributed by atoms with Gasteiger partial charge in [-0.05, 0) is 18.3 Å². The summed E-state index contributed by atoms with van der Waals surface area (Å²) in [6.07, 6.45) is -0.319. The third kappa shape index (κ3) is 10.6. The lowest BCUT2D eigenvalue weighted by Crippen LogP contribution is -2.58. The van der Waals surface area contributed by atoms with Crippen LogP contribution in [0.3, 0.4) is 0 Å². The minimum Gasteiger partial charge on any atom is -0.481 e. The molecule has 0 spiro atoms. The Hall–Kier alpha value is -3.22. The number of hydrogen-bond donors (Lipinski definition) is 7. The van der Waals surface area contributed by atoms with Gasteiger partial charge in [0.2, 0.25) is 23.6 Å². The van der Waals surface area contributed by atoms with Gasteiger partial charge in [0.25, 0.3) is 0 Å². The average molecular weight is 488 g/mol. The molecule has 0 fully saturated rings. The van der Waals surface area contributed by atoms with Crippen molar-refractivity contribution in [3.63, 3.8) is 0 Å². The molecule has 0 saturated carbocycles. The molecular weight excluding hydrogens is 450 g/mol. The molecule has 0 bridgehead atoms. The number of hydrogen-bond acceptors (Lipinski definition) is 7. The van der Waals surface area contributed by atoms with Gasteiger partial charge in [0.15, 0.2) is 0 Å². The zero-order valence-electron chi connectivity index (χ0n) is 20.0. The molecular formula is C21H37N5O8. The highest BCUT2D eigenvalue weighted by molar-refractivity contribution is 5.95. The van der Waals surface area contributed by atoms with E-state index in [1.54, 1.807) is 20.8 Å². The molecule has 0 saturated heterocycles. The zero-order chi connectivity index (χ0) is 26.6. The van der Waals surface area contributed by atoms with E-state index >= 15 is 0 Å². The molecule has 34 heavy (non-hydrogen) atoms. The normalized spacial score (nSPS) is 16.1. The molecule has 0 radical (unpaired) electrons. The van der Waals surface area contributed by atoms with Gasteiger partial charge in [-0.1, -0.05) is 40.5 Å². The van der Waals surface area contributed by atoms with Crippen molar-refractivity contribution in [2.24, 2.45) is 23.3 Å². The van der Waals surface area contributed by atoms with Crippen LogP contribution in [0.1, 0.15) is 59.8 Å². The van der Waals surface area contributed by atoms with Crippen LogP contribution in [-0.4, -0.2) is 69.9 Å². The van der Waals surface area contributed by atoms with Gasteiger partial charge in [-0.15, -0.1) is 0 Å². The van der Waals surface area contributed by atoms with Crippen molar-refractivity contribution in [2.75, 3.05) is 0 Å². The Morgan fingerprint density at radius 2 is 1.29 bits per heavy atom. The first-order chi connectivity index (χ1) is 15.7. The number of carbonyl (C=O) groups excluding carboxylic acids is 4. The van der Waals surface area contributed by atoms with Crippen molar-refractivity contribution in [1.29, 1.82) is 0 Å². The number of nitrogens with two attached hydrogens (primary N) is 2. The fourth-order valence-corrected chi connectivity index (χ4v) is 2.93. The van der Waals surface area contributed by atoms with Crippen LogP contribution in [0.15, 0.2) is 0 Å². The highest BCUT2D eigenvalue weighted by Gasteiger charge is 2.33. The summed E-state index contributed by atoms with van der Waals surface area (Å²) in [6, 6.07) is -5.21. The Bertz CT molecular complexity index is 759. The smallest absolute Gasteiger partial charge is 0.326 e. The maximum Gasteiger partial charge on any atom is 0.326 e. The van der Waals surface area contributed by atoms with Crippen molar-refractivity contribution in [2.45, 2.75) is 84.0 Å². The molecule has 0 heterocycles. The lowest BCUT2D eigenvalue weighted by molar-refractivity contribution is -0.144. The van der Waals surface area contributed by atoms with E-state index in [-0.39, 0.29) is 18.8 Å². The summed E-state index contributed by atoms with van der Waals surface area (Å²) in [5.74, 6) is -6.77. The summed E-state index contributed by atoms with van der Waals surface area (Å²) < 4.78 is 0. The second-order valence-electron chi connectivity index (χ2n) is 8.35. The molecule has 0 aromatic heterocycles. The molecule has 0 aliphatic carbocycles. The minimum atomic E-state index is -1.63. The van der Waals surface area contributed by atoms with Crippen LogP contribution in [0.25, 0.3) is 0 Å². The molecule has 0 aliphatic heterocycles. The standard InChI is InChI=1S/C21H37N5O8/c1-5-10(3)16(23)20(32)24-12(7-8-14(22)27)18(30)25-13(9-15(28)29)19(31)26-17(21(33)34)11(4)6-2/h10-13,16-17H,5-9,23H2,1-4H3,(H2,22,27)(H,24,32)(H,25,30)(H,26,31)(H,28,29)(H,33,34). The second kappa shape index (κ2) is 14.8. The molecule has 6 atom stereocenters. The van der Waals surface area contributed by atoms with E-state index in [1.807, 2.05) is 6.92 Å². The molecule has 6 unspecified atom stereocenters. The number of aliphatic carboxylic acids is 2. The number of amides is 4. The van der Waals surface area contributed by atoms with E-state index in [0.717, 1.165) is 0 Å². The number of carboxylic acids is 2. The van der Waals surface area contributed by atoms with E-state index in [0.29, 0.717) is 12.8 Å². The topological polar surface area (TPSA) is 231 Å². The molecule has 4 amide bonds. The van der Waals surface area contributed by atoms with Crippen molar-refractivity contribution >= 4 is 35.6 Å². The van der Waals surface area contributed by atoms with E-state index in [2.05, 4.69) is 16.0 Å². The van der Waals surface area contributed by atoms with Crippen LogP contribution >= 0.6 is 0 Å². The van der Waals surface area contributed by atoms with Crippen LogP contribution in [0.2, 0.25) is 0 Å². The Kier molecular flexibility index (Phi) is 13.4. The van der Waals surface area contributed by atoms with E-state index in [4.69, 9.17) is 11.5 Å². The van der Waals surface area contributed by atoms with Gasteiger partial charge >= 0.3 is 11.9 Å². The average Bonchev–Trinajstić information content (AvgIpc) is 2.76. The summed E-state index contributed by atoms with van der Waals surface area (Å²) in [6.45, 7) is 6.89. The van der Waals surface area contributed by atoms with Crippen molar-refractivity contribution in [1.82, 2.24) is 16.0 Å². The second-order valence-corrected chi connectivity index (χ2v) is 8.35. The first-order valence-electron chi connectivity index (χ1n) is 11.1. The van der Waals surface area contributed by atoms with Crippen molar-refractivity contribution in [3.8, 4) is 0 Å². The van der Waals surface area contributed by atoms with Gasteiger partial charge in [0.05, 0.1) is 12.5 Å². The zero-order valence-corrected chi connectivity index (χ0v) is 20.0. The summed E-state index contributed by atoms with van der Waals surface area (Å²) in [5, 5.41) is 25.4. The van der Waals surface area contributed by atoms with E-state index < -0.39 is 72.1 Å². The number of rotatable bonds is 16. The van der Waals surface area contributed by atoms with E-state index in [1.165, 1.54) is 0 Å². The highest BCUT2D eigenvalue weighted by Crippen LogP contribution is 2.10. The Labute approximate surface area is 198 Å². The lowest BCUT2D eigenvalue weighted by atomic mass is 9.98.